The number of hydrogen-bond donors (Lipinski definition) is 0. The number of aryl methyl sites for hydroxylation is 2. The van der Waals surface area contributed by atoms with Crippen LogP contribution in [0.15, 0.2) is 66.7 Å². The molecule has 0 bridgehead atoms. The predicted molar refractivity (Wildman–Crippen MR) is 130 cm³/mol. The quantitative estimate of drug-likeness (QED) is 0.348. The summed E-state index contributed by atoms with van der Waals surface area (Å²) in [5.41, 5.74) is 6.42. The molecule has 0 saturated heterocycles. The second kappa shape index (κ2) is 9.35. The monoisotopic (exact) mass is 445 g/mol. The minimum absolute atomic E-state index is 0.437. The summed E-state index contributed by atoms with van der Waals surface area (Å²) in [4.78, 5) is 7.50. The molecule has 0 unspecified atom stereocenters. The molecule has 0 N–H and O–H groups in total. The highest BCUT2D eigenvalue weighted by Crippen LogP contribution is 2.23. The molecule has 0 fully saturated rings. The van der Waals surface area contributed by atoms with Crippen LogP contribution in [0.1, 0.15) is 28.9 Å². The van der Waals surface area contributed by atoms with E-state index in [-0.39, 0.29) is 0 Å². The van der Waals surface area contributed by atoms with Crippen LogP contribution in [0.5, 0.6) is 5.75 Å². The van der Waals surface area contributed by atoms with Gasteiger partial charge in [-0.2, -0.15) is 0 Å². The highest BCUT2D eigenvalue weighted by atomic mass is 35.5. The second-order valence-corrected chi connectivity index (χ2v) is 8.95. The Morgan fingerprint density at radius 3 is 2.59 bits per heavy atom. The van der Waals surface area contributed by atoms with Crippen LogP contribution in [0.3, 0.4) is 0 Å². The molecule has 2 heterocycles. The lowest BCUT2D eigenvalue weighted by Crippen LogP contribution is -2.31. The highest BCUT2D eigenvalue weighted by Gasteiger charge is 2.17. The molecule has 3 aromatic carbocycles. The Morgan fingerprint density at radius 1 is 0.938 bits per heavy atom. The lowest BCUT2D eigenvalue weighted by Gasteiger charge is -2.28. The molecule has 1 aliphatic heterocycles. The van der Waals surface area contributed by atoms with Gasteiger partial charge in [-0.05, 0) is 66.8 Å². The summed E-state index contributed by atoms with van der Waals surface area (Å²) in [6, 6.07) is 22.7. The van der Waals surface area contributed by atoms with Gasteiger partial charge >= 0.3 is 0 Å². The number of imidazole rings is 1. The van der Waals surface area contributed by atoms with Crippen LogP contribution in [-0.2, 0) is 26.1 Å². The van der Waals surface area contributed by atoms with E-state index in [2.05, 4.69) is 58.9 Å². The lowest BCUT2D eigenvalue weighted by atomic mass is 10.00. The molecule has 4 aromatic rings. The third kappa shape index (κ3) is 4.52. The number of aromatic nitrogens is 2. The van der Waals surface area contributed by atoms with Crippen LogP contribution in [0.2, 0.25) is 5.02 Å². The van der Waals surface area contributed by atoms with Crippen molar-refractivity contribution in [1.82, 2.24) is 14.5 Å². The van der Waals surface area contributed by atoms with Gasteiger partial charge in [0.15, 0.2) is 0 Å². The fourth-order valence-corrected chi connectivity index (χ4v) is 4.70. The summed E-state index contributed by atoms with van der Waals surface area (Å²) in [6.07, 6.45) is 2.22. The molecule has 1 aliphatic rings. The molecule has 164 valence electrons. The Labute approximate surface area is 194 Å². The maximum absolute atomic E-state index is 6.04. The lowest BCUT2D eigenvalue weighted by molar-refractivity contribution is 0.244. The van der Waals surface area contributed by atoms with E-state index in [0.29, 0.717) is 11.6 Å². The number of para-hydroxylation sites is 1. The van der Waals surface area contributed by atoms with Crippen molar-refractivity contribution in [2.75, 3.05) is 13.1 Å². The first-order chi connectivity index (χ1) is 15.7. The van der Waals surface area contributed by atoms with Crippen molar-refractivity contribution in [2.24, 2.45) is 0 Å². The molecule has 0 saturated carbocycles. The summed E-state index contributed by atoms with van der Waals surface area (Å²) >= 11 is 6.00. The van der Waals surface area contributed by atoms with E-state index in [1.165, 1.54) is 22.2 Å². The van der Waals surface area contributed by atoms with Gasteiger partial charge in [0.2, 0.25) is 0 Å². The van der Waals surface area contributed by atoms with E-state index in [4.69, 9.17) is 21.3 Å². The molecule has 5 heteroatoms. The standard InChI is InChI=1S/C27H28ClN3O/c1-20-6-4-9-25-27(20)29-26(19-32-24-12-10-23(28)11-13-24)31(25)16-5-15-30-17-14-21-7-2-3-8-22(21)18-30/h2-4,6-13H,5,14-19H2,1H3. The number of halogens is 1. The van der Waals surface area contributed by atoms with Gasteiger partial charge in [0.1, 0.15) is 18.2 Å². The van der Waals surface area contributed by atoms with E-state index in [9.17, 15) is 0 Å². The number of rotatable bonds is 7. The van der Waals surface area contributed by atoms with Crippen LogP contribution in [-0.4, -0.2) is 27.5 Å². The Bertz CT molecular complexity index is 1220. The summed E-state index contributed by atoms with van der Waals surface area (Å²) in [7, 11) is 0. The van der Waals surface area contributed by atoms with Gasteiger partial charge in [-0.3, -0.25) is 4.90 Å². The minimum atomic E-state index is 0.437. The zero-order valence-corrected chi connectivity index (χ0v) is 19.2. The van der Waals surface area contributed by atoms with Crippen molar-refractivity contribution in [3.63, 3.8) is 0 Å². The van der Waals surface area contributed by atoms with E-state index < -0.39 is 0 Å². The Balaban J connectivity index is 1.29. The van der Waals surface area contributed by atoms with E-state index in [1.807, 2.05) is 24.3 Å². The minimum Gasteiger partial charge on any atom is -0.486 e. The van der Waals surface area contributed by atoms with Crippen molar-refractivity contribution in [3.05, 3.63) is 94.3 Å². The molecule has 4 nitrogen and oxygen atoms in total. The fraction of sp³-hybridized carbons (Fsp3) is 0.296. The van der Waals surface area contributed by atoms with Crippen molar-refractivity contribution in [2.45, 2.75) is 39.5 Å². The molecule has 5 rings (SSSR count). The van der Waals surface area contributed by atoms with Gasteiger partial charge in [-0.25, -0.2) is 4.98 Å². The third-order valence-electron chi connectivity index (χ3n) is 6.31. The average molecular weight is 446 g/mol. The first-order valence-corrected chi connectivity index (χ1v) is 11.7. The molecular weight excluding hydrogens is 418 g/mol. The van der Waals surface area contributed by atoms with Crippen LogP contribution in [0.4, 0.5) is 0 Å². The maximum Gasteiger partial charge on any atom is 0.148 e. The summed E-state index contributed by atoms with van der Waals surface area (Å²) < 4.78 is 8.37. The molecular formula is C27H28ClN3O. The first-order valence-electron chi connectivity index (χ1n) is 11.3. The largest absolute Gasteiger partial charge is 0.486 e. The molecule has 32 heavy (non-hydrogen) atoms. The van der Waals surface area contributed by atoms with Crippen LogP contribution in [0.25, 0.3) is 11.0 Å². The van der Waals surface area contributed by atoms with Crippen molar-refractivity contribution < 1.29 is 4.74 Å². The molecule has 1 aromatic heterocycles. The molecule has 0 spiro atoms. The summed E-state index contributed by atoms with van der Waals surface area (Å²) in [5.74, 6) is 1.77. The Morgan fingerprint density at radius 2 is 1.75 bits per heavy atom. The predicted octanol–water partition coefficient (Wildman–Crippen LogP) is 6.03. The summed E-state index contributed by atoms with van der Waals surface area (Å²) in [5, 5.41) is 0.709. The Hall–Kier alpha value is -2.82. The van der Waals surface area contributed by atoms with Crippen molar-refractivity contribution in [3.8, 4) is 5.75 Å². The van der Waals surface area contributed by atoms with Crippen LogP contribution in [0, 0.1) is 6.92 Å². The van der Waals surface area contributed by atoms with Gasteiger partial charge in [0, 0.05) is 31.2 Å². The average Bonchev–Trinajstić information content (AvgIpc) is 3.17. The second-order valence-electron chi connectivity index (χ2n) is 8.51. The van der Waals surface area contributed by atoms with Gasteiger partial charge < -0.3 is 9.30 Å². The van der Waals surface area contributed by atoms with E-state index >= 15 is 0 Å². The van der Waals surface area contributed by atoms with Crippen molar-refractivity contribution >= 4 is 22.6 Å². The van der Waals surface area contributed by atoms with Crippen LogP contribution >= 0.6 is 11.6 Å². The van der Waals surface area contributed by atoms with Crippen LogP contribution < -0.4 is 4.74 Å². The van der Waals surface area contributed by atoms with E-state index in [1.54, 1.807) is 0 Å². The maximum atomic E-state index is 6.04. The number of nitrogens with zero attached hydrogens (tertiary/aromatic N) is 3. The third-order valence-corrected chi connectivity index (χ3v) is 6.56. The molecule has 0 amide bonds. The normalized spacial score (nSPS) is 13.9. The Kier molecular flexibility index (Phi) is 6.15. The number of fused-ring (bicyclic) bond motifs is 2. The highest BCUT2D eigenvalue weighted by molar-refractivity contribution is 6.30. The zero-order chi connectivity index (χ0) is 21.9. The van der Waals surface area contributed by atoms with E-state index in [0.717, 1.165) is 56.1 Å². The van der Waals surface area contributed by atoms with Gasteiger partial charge in [-0.15, -0.1) is 0 Å². The fourth-order valence-electron chi connectivity index (χ4n) is 4.57. The zero-order valence-electron chi connectivity index (χ0n) is 18.4. The summed E-state index contributed by atoms with van der Waals surface area (Å²) in [6.45, 7) is 6.75. The molecule has 0 aliphatic carbocycles. The van der Waals surface area contributed by atoms with Gasteiger partial charge in [0.05, 0.1) is 11.0 Å². The molecule has 0 atom stereocenters. The smallest absolute Gasteiger partial charge is 0.148 e. The number of hydrogen-bond acceptors (Lipinski definition) is 3. The molecule has 0 radical (unpaired) electrons. The first kappa shape index (κ1) is 21.0. The number of benzene rings is 3. The SMILES string of the molecule is Cc1cccc2c1nc(COc1ccc(Cl)cc1)n2CCCN1CCc2ccccc2C1. The van der Waals surface area contributed by atoms with Gasteiger partial charge in [-0.1, -0.05) is 48.0 Å². The number of ether oxygens (including phenoxy) is 1. The van der Waals surface area contributed by atoms with Crippen molar-refractivity contribution in [1.29, 1.82) is 0 Å². The topological polar surface area (TPSA) is 30.3 Å². The van der Waals surface area contributed by atoms with Gasteiger partial charge in [0.25, 0.3) is 0 Å².